The van der Waals surface area contributed by atoms with Crippen molar-refractivity contribution in [2.24, 2.45) is 4.99 Å². The highest BCUT2D eigenvalue weighted by atomic mass is 79.9. The molecule has 2 aromatic carbocycles. The Labute approximate surface area is 166 Å². The number of thiazole rings is 1. The van der Waals surface area contributed by atoms with Gasteiger partial charge >= 0.3 is 0 Å². The van der Waals surface area contributed by atoms with Crippen LogP contribution < -0.4 is 4.80 Å². The summed E-state index contributed by atoms with van der Waals surface area (Å²) in [6.07, 6.45) is 0. The van der Waals surface area contributed by atoms with E-state index in [0.29, 0.717) is 28.0 Å². The Morgan fingerprint density at radius 2 is 2.08 bits per heavy atom. The Morgan fingerprint density at radius 3 is 2.84 bits per heavy atom. The van der Waals surface area contributed by atoms with E-state index in [1.165, 1.54) is 17.4 Å². The SMILES string of the molecule is COCCn1c(=NC(=O)c2cc(Cl)ccc2Cl)sc2cc(Br)ccc21. The summed E-state index contributed by atoms with van der Waals surface area (Å²) >= 11 is 17.0. The van der Waals surface area contributed by atoms with Crippen molar-refractivity contribution < 1.29 is 9.53 Å². The molecular weight excluding hydrogens is 447 g/mol. The van der Waals surface area contributed by atoms with Gasteiger partial charge in [0.15, 0.2) is 4.80 Å². The van der Waals surface area contributed by atoms with Crippen LogP contribution in [0, 0.1) is 0 Å². The maximum Gasteiger partial charge on any atom is 0.281 e. The molecule has 25 heavy (non-hydrogen) atoms. The molecule has 0 aliphatic rings. The molecule has 8 heteroatoms. The van der Waals surface area contributed by atoms with Crippen LogP contribution in [0.1, 0.15) is 10.4 Å². The molecule has 0 saturated carbocycles. The van der Waals surface area contributed by atoms with Crippen LogP contribution >= 0.6 is 50.5 Å². The average molecular weight is 460 g/mol. The van der Waals surface area contributed by atoms with Crippen LogP contribution in [0.25, 0.3) is 10.2 Å². The number of hydrogen-bond acceptors (Lipinski definition) is 3. The van der Waals surface area contributed by atoms with Crippen molar-refractivity contribution in [2.45, 2.75) is 6.54 Å². The number of benzene rings is 2. The third-order valence-corrected chi connectivity index (χ3v) is 5.62. The number of hydrogen-bond donors (Lipinski definition) is 0. The molecule has 0 saturated heterocycles. The fourth-order valence-electron chi connectivity index (χ4n) is 2.34. The van der Waals surface area contributed by atoms with Crippen molar-refractivity contribution in [3.05, 3.63) is 61.3 Å². The van der Waals surface area contributed by atoms with E-state index in [-0.39, 0.29) is 5.56 Å². The summed E-state index contributed by atoms with van der Waals surface area (Å²) in [6.45, 7) is 1.11. The molecule has 130 valence electrons. The van der Waals surface area contributed by atoms with E-state index >= 15 is 0 Å². The number of halogens is 3. The summed E-state index contributed by atoms with van der Waals surface area (Å²) in [5.74, 6) is -0.427. The second kappa shape index (κ2) is 8.01. The number of nitrogens with zero attached hydrogens (tertiary/aromatic N) is 2. The molecule has 0 spiro atoms. The second-order valence-corrected chi connectivity index (χ2v) is 7.95. The predicted molar refractivity (Wildman–Crippen MR) is 106 cm³/mol. The van der Waals surface area contributed by atoms with Crippen molar-refractivity contribution in [1.82, 2.24) is 4.57 Å². The van der Waals surface area contributed by atoms with Gasteiger partial charge in [0.25, 0.3) is 5.91 Å². The van der Waals surface area contributed by atoms with Crippen LogP contribution in [-0.4, -0.2) is 24.2 Å². The maximum atomic E-state index is 12.6. The molecule has 0 N–H and O–H groups in total. The lowest BCUT2D eigenvalue weighted by atomic mass is 10.2. The average Bonchev–Trinajstić information content (AvgIpc) is 2.91. The summed E-state index contributed by atoms with van der Waals surface area (Å²) in [4.78, 5) is 17.5. The summed E-state index contributed by atoms with van der Waals surface area (Å²) in [6, 6.07) is 10.7. The topological polar surface area (TPSA) is 43.6 Å². The monoisotopic (exact) mass is 458 g/mol. The highest BCUT2D eigenvalue weighted by molar-refractivity contribution is 9.10. The van der Waals surface area contributed by atoms with Gasteiger partial charge in [-0.25, -0.2) is 0 Å². The zero-order valence-corrected chi connectivity index (χ0v) is 17.0. The number of fused-ring (bicyclic) bond motifs is 1. The highest BCUT2D eigenvalue weighted by Gasteiger charge is 2.13. The molecule has 0 unspecified atom stereocenters. The van der Waals surface area contributed by atoms with E-state index in [2.05, 4.69) is 20.9 Å². The number of carbonyl (C=O) groups is 1. The van der Waals surface area contributed by atoms with Crippen molar-refractivity contribution >= 4 is 66.6 Å². The number of methoxy groups -OCH3 is 1. The van der Waals surface area contributed by atoms with Crippen LogP contribution in [0.5, 0.6) is 0 Å². The van der Waals surface area contributed by atoms with E-state index in [1.54, 1.807) is 19.2 Å². The maximum absolute atomic E-state index is 12.6. The Bertz CT molecular complexity index is 1010. The van der Waals surface area contributed by atoms with Gasteiger partial charge in [0.2, 0.25) is 0 Å². The summed E-state index contributed by atoms with van der Waals surface area (Å²) in [7, 11) is 1.64. The minimum absolute atomic E-state index is 0.283. The first-order valence-corrected chi connectivity index (χ1v) is 9.68. The Hall–Kier alpha value is -1.18. The molecule has 0 bridgehead atoms. The molecular formula is C17H13BrCl2N2O2S. The van der Waals surface area contributed by atoms with Crippen LogP contribution in [0.3, 0.4) is 0 Å². The zero-order valence-electron chi connectivity index (χ0n) is 13.1. The van der Waals surface area contributed by atoms with Crippen LogP contribution in [0.2, 0.25) is 10.0 Å². The fraction of sp³-hybridized carbons (Fsp3) is 0.176. The fourth-order valence-corrected chi connectivity index (χ4v) is 4.32. The first-order valence-electron chi connectivity index (χ1n) is 7.31. The minimum Gasteiger partial charge on any atom is -0.383 e. The summed E-state index contributed by atoms with van der Waals surface area (Å²) in [5.41, 5.74) is 1.28. The number of ether oxygens (including phenoxy) is 1. The van der Waals surface area contributed by atoms with Crippen molar-refractivity contribution in [1.29, 1.82) is 0 Å². The molecule has 1 heterocycles. The molecule has 4 nitrogen and oxygen atoms in total. The highest BCUT2D eigenvalue weighted by Crippen LogP contribution is 2.24. The molecule has 0 fully saturated rings. The molecule has 1 aromatic heterocycles. The summed E-state index contributed by atoms with van der Waals surface area (Å²) < 4.78 is 9.13. The van der Waals surface area contributed by atoms with Gasteiger partial charge in [-0.2, -0.15) is 4.99 Å². The van der Waals surface area contributed by atoms with Gasteiger partial charge < -0.3 is 9.30 Å². The molecule has 3 aromatic rings. The van der Waals surface area contributed by atoms with Gasteiger partial charge in [-0.3, -0.25) is 4.79 Å². The van der Waals surface area contributed by atoms with Gasteiger partial charge in [-0.1, -0.05) is 50.5 Å². The van der Waals surface area contributed by atoms with Gasteiger partial charge in [0.1, 0.15) is 0 Å². The molecule has 0 radical (unpaired) electrons. The van der Waals surface area contributed by atoms with Crippen LogP contribution in [0.15, 0.2) is 45.9 Å². The number of rotatable bonds is 4. The van der Waals surface area contributed by atoms with E-state index in [9.17, 15) is 4.79 Å². The number of aromatic nitrogens is 1. The Morgan fingerprint density at radius 1 is 1.28 bits per heavy atom. The first-order chi connectivity index (χ1) is 12.0. The van der Waals surface area contributed by atoms with E-state index in [4.69, 9.17) is 27.9 Å². The standard InChI is InChI=1S/C17H13BrCl2N2O2S/c1-24-7-6-22-14-5-2-10(18)8-15(14)25-17(22)21-16(23)12-9-11(19)3-4-13(12)20/h2-5,8-9H,6-7H2,1H3. The largest absolute Gasteiger partial charge is 0.383 e. The predicted octanol–water partition coefficient (Wildman–Crippen LogP) is 5.16. The van der Waals surface area contributed by atoms with Gasteiger partial charge in [-0.05, 0) is 36.4 Å². The van der Waals surface area contributed by atoms with Crippen molar-refractivity contribution in [2.75, 3.05) is 13.7 Å². The molecule has 1 amide bonds. The lowest BCUT2D eigenvalue weighted by molar-refractivity contribution is 0.0997. The van der Waals surface area contributed by atoms with E-state index in [1.807, 2.05) is 22.8 Å². The second-order valence-electron chi connectivity index (χ2n) is 5.18. The quantitative estimate of drug-likeness (QED) is 0.540. The first kappa shape index (κ1) is 18.6. The minimum atomic E-state index is -0.427. The van der Waals surface area contributed by atoms with Gasteiger partial charge in [0, 0.05) is 23.1 Å². The zero-order chi connectivity index (χ0) is 18.0. The molecule has 0 aliphatic carbocycles. The lowest BCUT2D eigenvalue weighted by Crippen LogP contribution is -2.19. The Kier molecular flexibility index (Phi) is 5.96. The van der Waals surface area contributed by atoms with E-state index in [0.717, 1.165) is 14.7 Å². The molecule has 0 aliphatic heterocycles. The van der Waals surface area contributed by atoms with Gasteiger partial charge in [-0.15, -0.1) is 0 Å². The lowest BCUT2D eigenvalue weighted by Gasteiger charge is -2.04. The van der Waals surface area contributed by atoms with Crippen molar-refractivity contribution in [3.8, 4) is 0 Å². The normalized spacial score (nSPS) is 12.1. The van der Waals surface area contributed by atoms with Gasteiger partial charge in [0.05, 0.1) is 27.4 Å². The van der Waals surface area contributed by atoms with Crippen LogP contribution in [0.4, 0.5) is 0 Å². The van der Waals surface area contributed by atoms with E-state index < -0.39 is 5.91 Å². The smallest absolute Gasteiger partial charge is 0.281 e. The summed E-state index contributed by atoms with van der Waals surface area (Å²) in [5, 5.41) is 0.765. The molecule has 0 atom stereocenters. The Balaban J connectivity index is 2.14. The number of amides is 1. The third kappa shape index (κ3) is 4.15. The third-order valence-electron chi connectivity index (χ3n) is 3.52. The molecule has 3 rings (SSSR count). The van der Waals surface area contributed by atoms with Crippen LogP contribution in [-0.2, 0) is 11.3 Å². The van der Waals surface area contributed by atoms with Crippen molar-refractivity contribution in [3.63, 3.8) is 0 Å². The number of carbonyl (C=O) groups excluding carboxylic acids is 1.